The lowest BCUT2D eigenvalue weighted by Crippen LogP contribution is -2.26. The van der Waals surface area contributed by atoms with Gasteiger partial charge in [0, 0.05) is 17.4 Å². The lowest BCUT2D eigenvalue weighted by Gasteiger charge is -2.23. The monoisotopic (exact) mass is 410 g/mol. The number of aliphatic carboxylic acids is 1. The minimum atomic E-state index is -0.784. The van der Waals surface area contributed by atoms with Gasteiger partial charge in [0.2, 0.25) is 0 Å². The van der Waals surface area contributed by atoms with Crippen LogP contribution >= 0.6 is 11.8 Å². The van der Waals surface area contributed by atoms with Gasteiger partial charge < -0.3 is 20.4 Å². The third kappa shape index (κ3) is 6.76. The molecular weight excluding hydrogens is 376 g/mol. The Morgan fingerprint density at radius 2 is 1.82 bits per heavy atom. The Hall–Kier alpha value is -1.08. The number of aliphatic hydroxyl groups excluding tert-OH is 3. The van der Waals surface area contributed by atoms with Crippen LogP contribution in [0.5, 0.6) is 0 Å². The molecule has 1 fully saturated rings. The maximum absolute atomic E-state index is 11.6. The fourth-order valence-corrected chi connectivity index (χ4v) is 5.44. The highest BCUT2D eigenvalue weighted by molar-refractivity contribution is 8.00. The fourth-order valence-electron chi connectivity index (χ4n) is 4.04. The van der Waals surface area contributed by atoms with Crippen molar-refractivity contribution in [2.45, 2.75) is 81.9 Å². The van der Waals surface area contributed by atoms with Crippen molar-refractivity contribution >= 4 is 17.7 Å². The lowest BCUT2D eigenvalue weighted by atomic mass is 9.91. The molecule has 0 aliphatic heterocycles. The standard InChI is InChI=1S/C22H34O5S/c1-14-8-10-16(11-9-14)17(22(26)27)6-4-3-5-7-18-19(24)12-20(25)21(18)28-13-15(2)23/h8-11,15,17-21,23-25H,3-7,12-13H2,1-2H3,(H,26,27)/t15?,17?,18-,19?,20?,21+/m0/s1. The topological polar surface area (TPSA) is 98.0 Å². The maximum Gasteiger partial charge on any atom is 0.310 e. The van der Waals surface area contributed by atoms with Crippen molar-refractivity contribution in [3.05, 3.63) is 35.4 Å². The molecular formula is C22H34O5S. The van der Waals surface area contributed by atoms with E-state index in [0.717, 1.165) is 36.8 Å². The summed E-state index contributed by atoms with van der Waals surface area (Å²) in [5.74, 6) is -0.672. The number of carboxylic acids is 1. The van der Waals surface area contributed by atoms with E-state index in [1.165, 1.54) is 0 Å². The second kappa shape index (κ2) is 11.2. The zero-order valence-corrected chi connectivity index (χ0v) is 17.6. The Morgan fingerprint density at radius 1 is 1.14 bits per heavy atom. The van der Waals surface area contributed by atoms with E-state index in [0.29, 0.717) is 18.6 Å². The van der Waals surface area contributed by atoms with Gasteiger partial charge in [0.25, 0.3) is 0 Å². The van der Waals surface area contributed by atoms with Crippen LogP contribution in [0, 0.1) is 12.8 Å². The van der Waals surface area contributed by atoms with Gasteiger partial charge in [-0.05, 0) is 38.2 Å². The predicted molar refractivity (Wildman–Crippen MR) is 113 cm³/mol. The second-order valence-corrected chi connectivity index (χ2v) is 9.33. The Morgan fingerprint density at radius 3 is 2.43 bits per heavy atom. The highest BCUT2D eigenvalue weighted by Crippen LogP contribution is 2.39. The number of unbranched alkanes of at least 4 members (excludes halogenated alkanes) is 2. The van der Waals surface area contributed by atoms with Crippen LogP contribution in [-0.4, -0.2) is 55.7 Å². The molecule has 0 bridgehead atoms. The Kier molecular flexibility index (Phi) is 9.28. The van der Waals surface area contributed by atoms with Gasteiger partial charge in [-0.2, -0.15) is 11.8 Å². The minimum absolute atomic E-state index is 0.0334. The van der Waals surface area contributed by atoms with Crippen LogP contribution in [-0.2, 0) is 4.79 Å². The quantitative estimate of drug-likeness (QED) is 0.418. The third-order valence-corrected chi connectivity index (χ3v) is 7.34. The zero-order valence-electron chi connectivity index (χ0n) is 16.8. The molecule has 4 N–H and O–H groups in total. The molecule has 0 aromatic heterocycles. The number of carboxylic acid groups (broad SMARTS) is 1. The lowest BCUT2D eigenvalue weighted by molar-refractivity contribution is -0.139. The first-order valence-corrected chi connectivity index (χ1v) is 11.3. The third-order valence-electron chi connectivity index (χ3n) is 5.62. The molecule has 158 valence electrons. The summed E-state index contributed by atoms with van der Waals surface area (Å²) >= 11 is 1.55. The van der Waals surface area contributed by atoms with Crippen molar-refractivity contribution < 1.29 is 25.2 Å². The summed E-state index contributed by atoms with van der Waals surface area (Å²) in [5, 5.41) is 39.5. The number of benzene rings is 1. The van der Waals surface area contributed by atoms with Gasteiger partial charge in [-0.1, -0.05) is 49.1 Å². The van der Waals surface area contributed by atoms with Gasteiger partial charge in [-0.15, -0.1) is 0 Å². The van der Waals surface area contributed by atoms with Crippen molar-refractivity contribution in [2.24, 2.45) is 5.92 Å². The number of rotatable bonds is 11. The van der Waals surface area contributed by atoms with Crippen LogP contribution < -0.4 is 0 Å². The van der Waals surface area contributed by atoms with Crippen molar-refractivity contribution in [1.29, 1.82) is 0 Å². The molecule has 1 aromatic carbocycles. The summed E-state index contributed by atoms with van der Waals surface area (Å²) in [7, 11) is 0. The molecule has 0 spiro atoms. The van der Waals surface area contributed by atoms with Crippen LogP contribution in [0.15, 0.2) is 24.3 Å². The van der Waals surface area contributed by atoms with Crippen molar-refractivity contribution in [3.8, 4) is 0 Å². The van der Waals surface area contributed by atoms with Gasteiger partial charge in [-0.3, -0.25) is 4.79 Å². The van der Waals surface area contributed by atoms with Crippen molar-refractivity contribution in [2.75, 3.05) is 5.75 Å². The molecule has 1 aliphatic rings. The van der Waals surface area contributed by atoms with Gasteiger partial charge in [0.15, 0.2) is 0 Å². The maximum atomic E-state index is 11.6. The van der Waals surface area contributed by atoms with E-state index >= 15 is 0 Å². The predicted octanol–water partition coefficient (Wildman–Crippen LogP) is 3.34. The SMILES string of the molecule is Cc1ccc(C(CCCCC[C@H]2C(O)CC(O)[C@@H]2SCC(C)O)C(=O)O)cc1. The normalized spacial score (nSPS) is 26.9. The average Bonchev–Trinajstić information content (AvgIpc) is 2.90. The largest absolute Gasteiger partial charge is 0.481 e. The van der Waals surface area contributed by atoms with Crippen LogP contribution in [0.1, 0.15) is 62.5 Å². The fraction of sp³-hybridized carbons (Fsp3) is 0.682. The Labute approximate surface area is 172 Å². The summed E-state index contributed by atoms with van der Waals surface area (Å²) < 4.78 is 0. The molecule has 5 nitrogen and oxygen atoms in total. The highest BCUT2D eigenvalue weighted by Gasteiger charge is 2.41. The molecule has 4 unspecified atom stereocenters. The van der Waals surface area contributed by atoms with Crippen LogP contribution in [0.25, 0.3) is 0 Å². The number of aryl methyl sites for hydroxylation is 1. The molecule has 6 atom stereocenters. The molecule has 2 rings (SSSR count). The molecule has 0 saturated heterocycles. The van der Waals surface area contributed by atoms with E-state index in [9.17, 15) is 25.2 Å². The summed E-state index contributed by atoms with van der Waals surface area (Å²) in [5.41, 5.74) is 1.97. The van der Waals surface area contributed by atoms with Crippen LogP contribution in [0.3, 0.4) is 0 Å². The second-order valence-electron chi connectivity index (χ2n) is 8.12. The first-order valence-electron chi connectivity index (χ1n) is 10.2. The van der Waals surface area contributed by atoms with Crippen LogP contribution in [0.2, 0.25) is 0 Å². The Bertz CT molecular complexity index is 603. The summed E-state index contributed by atoms with van der Waals surface area (Å²) in [6.07, 6.45) is 3.00. The molecule has 0 amide bonds. The minimum Gasteiger partial charge on any atom is -0.481 e. The number of thioether (sulfide) groups is 1. The molecule has 1 aromatic rings. The van der Waals surface area contributed by atoms with Gasteiger partial charge >= 0.3 is 5.97 Å². The molecule has 0 heterocycles. The van der Waals surface area contributed by atoms with E-state index in [1.807, 2.05) is 31.2 Å². The van der Waals surface area contributed by atoms with E-state index in [-0.39, 0.29) is 11.2 Å². The van der Waals surface area contributed by atoms with Gasteiger partial charge in [-0.25, -0.2) is 0 Å². The number of carbonyl (C=O) groups is 1. The summed E-state index contributed by atoms with van der Waals surface area (Å²) in [4.78, 5) is 11.6. The number of aliphatic hydroxyl groups is 3. The number of hydrogen-bond donors (Lipinski definition) is 4. The number of hydrogen-bond acceptors (Lipinski definition) is 5. The van der Waals surface area contributed by atoms with E-state index < -0.39 is 30.2 Å². The molecule has 1 aliphatic carbocycles. The first kappa shape index (κ1) is 23.2. The van der Waals surface area contributed by atoms with Crippen molar-refractivity contribution in [1.82, 2.24) is 0 Å². The summed E-state index contributed by atoms with van der Waals surface area (Å²) in [6.45, 7) is 3.72. The van der Waals surface area contributed by atoms with E-state index in [1.54, 1.807) is 18.7 Å². The van der Waals surface area contributed by atoms with Gasteiger partial charge in [0.1, 0.15) is 0 Å². The van der Waals surface area contributed by atoms with Crippen LogP contribution in [0.4, 0.5) is 0 Å². The smallest absolute Gasteiger partial charge is 0.310 e. The summed E-state index contributed by atoms with van der Waals surface area (Å²) in [6, 6.07) is 7.69. The highest BCUT2D eigenvalue weighted by atomic mass is 32.2. The molecule has 6 heteroatoms. The molecule has 28 heavy (non-hydrogen) atoms. The first-order chi connectivity index (χ1) is 13.3. The zero-order chi connectivity index (χ0) is 20.7. The molecule has 1 saturated carbocycles. The van der Waals surface area contributed by atoms with E-state index in [2.05, 4.69) is 0 Å². The van der Waals surface area contributed by atoms with Gasteiger partial charge in [0.05, 0.1) is 24.2 Å². The molecule has 0 radical (unpaired) electrons. The Balaban J connectivity index is 1.78. The van der Waals surface area contributed by atoms with E-state index in [4.69, 9.17) is 0 Å². The van der Waals surface area contributed by atoms with Crippen molar-refractivity contribution in [3.63, 3.8) is 0 Å². The average molecular weight is 411 g/mol.